The lowest BCUT2D eigenvalue weighted by atomic mass is 9.82. The Hall–Kier alpha value is -3.14. The summed E-state index contributed by atoms with van der Waals surface area (Å²) in [5.74, 6) is -6.86. The Morgan fingerprint density at radius 2 is 2.00 bits per heavy atom. The SMILES string of the molecule is [2H]C1([2H])C([2H])([2H])C([2H])([2H])C([2H])([C@@H](NCC(=O)OCC)C(=O)N2CC[C@H]2C(=O)NCc2ccc(C(N)=NO)cc2)C([2H])([2H])C1([2H])[2H]. The lowest BCUT2D eigenvalue weighted by Gasteiger charge is -2.43. The zero-order valence-corrected chi connectivity index (χ0v) is 18.6. The molecule has 1 aliphatic carbocycles. The molecule has 0 unspecified atom stereocenters. The van der Waals surface area contributed by atoms with Crippen LogP contribution in [-0.4, -0.2) is 65.5 Å². The minimum atomic E-state index is -3.89. The van der Waals surface area contributed by atoms with E-state index in [9.17, 15) is 14.4 Å². The fraction of sp³-hybridized carbons (Fsp3) is 0.583. The standard InChI is InChI=1S/C24H35N5O5/c1-2-34-20(30)15-26-21(17-6-4-3-5-7-17)24(32)29-13-12-19(29)23(31)27-14-16-8-10-18(11-9-16)22(25)28-33/h8-11,17,19,21,26,33H,2-7,12-15H2,1H3,(H2,25,28)(H,27,31)/t19-,21+/m0/s1/i3D2,4D2,5D2,6D2,7D2,17D. The first kappa shape index (κ1) is 14.3. The van der Waals surface area contributed by atoms with Crippen molar-refractivity contribution in [2.24, 2.45) is 16.8 Å². The Bertz CT molecular complexity index is 1310. The van der Waals surface area contributed by atoms with Crippen molar-refractivity contribution in [2.45, 2.75) is 63.8 Å². The first-order valence-electron chi connectivity index (χ1n) is 16.1. The van der Waals surface area contributed by atoms with E-state index >= 15 is 0 Å². The zero-order valence-electron chi connectivity index (χ0n) is 29.6. The second-order valence-electron chi connectivity index (χ2n) is 7.39. The molecule has 186 valence electrons. The third kappa shape index (κ3) is 6.47. The van der Waals surface area contributed by atoms with Gasteiger partial charge < -0.3 is 25.9 Å². The van der Waals surface area contributed by atoms with Crippen LogP contribution in [0, 0.1) is 5.89 Å². The van der Waals surface area contributed by atoms with E-state index in [1.165, 1.54) is 19.1 Å². The van der Waals surface area contributed by atoms with Crippen molar-refractivity contribution in [3.05, 3.63) is 35.4 Å². The Kier molecular flexibility index (Phi) is 5.20. The van der Waals surface area contributed by atoms with E-state index in [1.54, 1.807) is 12.1 Å². The molecule has 10 heteroatoms. The number of amides is 2. The summed E-state index contributed by atoms with van der Waals surface area (Å²) in [6.07, 6.45) is -19.2. The number of benzene rings is 1. The highest BCUT2D eigenvalue weighted by Gasteiger charge is 2.42. The van der Waals surface area contributed by atoms with Gasteiger partial charge in [-0.05, 0) is 37.5 Å². The van der Waals surface area contributed by atoms with Crippen LogP contribution in [0.15, 0.2) is 29.4 Å². The van der Waals surface area contributed by atoms with Crippen molar-refractivity contribution in [3.8, 4) is 0 Å². The lowest BCUT2D eigenvalue weighted by molar-refractivity contribution is -0.151. The predicted octanol–water partition coefficient (Wildman–Crippen LogP) is 1.10. The molecule has 10 nitrogen and oxygen atoms in total. The van der Waals surface area contributed by atoms with Gasteiger partial charge in [-0.15, -0.1) is 0 Å². The molecule has 1 aromatic carbocycles. The summed E-state index contributed by atoms with van der Waals surface area (Å²) in [4.78, 5) is 40.1. The van der Waals surface area contributed by atoms with Crippen LogP contribution in [0.3, 0.4) is 0 Å². The highest BCUT2D eigenvalue weighted by Crippen LogP contribution is 2.29. The van der Waals surface area contributed by atoms with Gasteiger partial charge in [-0.2, -0.15) is 0 Å². The van der Waals surface area contributed by atoms with E-state index in [2.05, 4.69) is 15.8 Å². The number of carbonyl (C=O) groups excluding carboxylic acids is 3. The maximum atomic E-state index is 14.0. The van der Waals surface area contributed by atoms with Crippen molar-refractivity contribution in [1.82, 2.24) is 15.5 Å². The van der Waals surface area contributed by atoms with Gasteiger partial charge in [0.2, 0.25) is 11.8 Å². The topological polar surface area (TPSA) is 146 Å². The maximum Gasteiger partial charge on any atom is 0.319 e. The van der Waals surface area contributed by atoms with Crippen molar-refractivity contribution in [1.29, 1.82) is 0 Å². The normalized spacial score (nSPS) is 32.9. The fourth-order valence-corrected chi connectivity index (χ4v) is 3.36. The molecule has 3 rings (SSSR count). The van der Waals surface area contributed by atoms with Gasteiger partial charge in [0.05, 0.1) is 19.2 Å². The van der Waals surface area contributed by atoms with Gasteiger partial charge in [-0.3, -0.25) is 19.7 Å². The number of nitrogens with one attached hydrogen (secondary N) is 2. The summed E-state index contributed by atoms with van der Waals surface area (Å²) in [5.41, 5.74) is 6.54. The van der Waals surface area contributed by atoms with Crippen LogP contribution in [0.4, 0.5) is 0 Å². The number of esters is 1. The third-order valence-corrected chi connectivity index (χ3v) is 5.24. The molecule has 1 heterocycles. The van der Waals surface area contributed by atoms with E-state index in [1.807, 2.05) is 0 Å². The molecule has 34 heavy (non-hydrogen) atoms. The number of hydrogen-bond donors (Lipinski definition) is 4. The monoisotopic (exact) mass is 484 g/mol. The van der Waals surface area contributed by atoms with Crippen LogP contribution in [-0.2, 0) is 25.7 Å². The molecular formula is C24H35N5O5. The first-order chi connectivity index (χ1) is 20.6. The van der Waals surface area contributed by atoms with Crippen molar-refractivity contribution < 1.29 is 39.4 Å². The van der Waals surface area contributed by atoms with E-state index in [0.29, 0.717) is 11.1 Å². The Morgan fingerprint density at radius 3 is 2.59 bits per heavy atom. The quantitative estimate of drug-likeness (QED) is 0.128. The molecule has 0 radical (unpaired) electrons. The Morgan fingerprint density at radius 1 is 1.29 bits per heavy atom. The second-order valence-corrected chi connectivity index (χ2v) is 7.39. The molecule has 1 aromatic rings. The van der Waals surface area contributed by atoms with Crippen molar-refractivity contribution in [3.63, 3.8) is 0 Å². The number of hydrogen-bond acceptors (Lipinski definition) is 7. The largest absolute Gasteiger partial charge is 0.465 e. The van der Waals surface area contributed by atoms with Crippen LogP contribution >= 0.6 is 0 Å². The van der Waals surface area contributed by atoms with Gasteiger partial charge in [0, 0.05) is 33.7 Å². The number of amidine groups is 1. The first-order valence-corrected chi connectivity index (χ1v) is 10.6. The van der Waals surface area contributed by atoms with E-state index < -0.39 is 74.2 Å². The maximum absolute atomic E-state index is 14.0. The van der Waals surface area contributed by atoms with Crippen LogP contribution in [0.5, 0.6) is 0 Å². The summed E-state index contributed by atoms with van der Waals surface area (Å²) >= 11 is 0. The number of likely N-dealkylation sites (tertiary alicyclic amines) is 1. The summed E-state index contributed by atoms with van der Waals surface area (Å²) < 4.78 is 97.2. The number of oxime groups is 1. The minimum absolute atomic E-state index is 0.0265. The molecule has 1 aliphatic heterocycles. The summed E-state index contributed by atoms with van der Waals surface area (Å²) in [7, 11) is 0. The average Bonchev–Trinajstić information content (AvgIpc) is 2.94. The second kappa shape index (κ2) is 12.4. The predicted molar refractivity (Wildman–Crippen MR) is 126 cm³/mol. The molecule has 0 bridgehead atoms. The van der Waals surface area contributed by atoms with E-state index in [4.69, 9.17) is 30.8 Å². The molecule has 2 amide bonds. The number of carbonyl (C=O) groups is 3. The zero-order chi connectivity index (χ0) is 34.4. The molecule has 2 fully saturated rings. The molecule has 2 atom stereocenters. The highest BCUT2D eigenvalue weighted by molar-refractivity contribution is 5.97. The molecule has 1 saturated carbocycles. The number of nitrogens with zero attached hydrogens (tertiary/aromatic N) is 2. The Balaban J connectivity index is 1.97. The van der Waals surface area contributed by atoms with Crippen molar-refractivity contribution in [2.75, 3.05) is 19.7 Å². The summed E-state index contributed by atoms with van der Waals surface area (Å²) in [6.45, 7) is 0.291. The van der Waals surface area contributed by atoms with Crippen LogP contribution in [0.2, 0.25) is 0 Å². The van der Waals surface area contributed by atoms with Crippen molar-refractivity contribution >= 4 is 23.6 Å². The minimum Gasteiger partial charge on any atom is -0.465 e. The number of nitrogens with two attached hydrogens (primary N) is 1. The number of rotatable bonds is 10. The fourth-order valence-electron chi connectivity index (χ4n) is 3.36. The van der Waals surface area contributed by atoms with Crippen LogP contribution < -0.4 is 16.4 Å². The average molecular weight is 485 g/mol. The highest BCUT2D eigenvalue weighted by atomic mass is 16.5. The molecule has 1 saturated heterocycles. The van der Waals surface area contributed by atoms with Gasteiger partial charge in [-0.1, -0.05) is 48.5 Å². The van der Waals surface area contributed by atoms with Crippen LogP contribution in [0.1, 0.15) is 71.4 Å². The van der Waals surface area contributed by atoms with E-state index in [0.717, 1.165) is 4.90 Å². The molecular weight excluding hydrogens is 438 g/mol. The third-order valence-electron chi connectivity index (χ3n) is 5.24. The Labute approximate surface area is 215 Å². The van der Waals surface area contributed by atoms with Gasteiger partial charge in [0.25, 0.3) is 0 Å². The summed E-state index contributed by atoms with van der Waals surface area (Å²) in [5, 5.41) is 16.5. The molecule has 0 aromatic heterocycles. The lowest BCUT2D eigenvalue weighted by Crippen LogP contribution is -2.63. The van der Waals surface area contributed by atoms with Gasteiger partial charge in [0.15, 0.2) is 5.84 Å². The smallest absolute Gasteiger partial charge is 0.319 e. The molecule has 2 aliphatic rings. The van der Waals surface area contributed by atoms with Crippen LogP contribution in [0.25, 0.3) is 0 Å². The van der Waals surface area contributed by atoms with Gasteiger partial charge in [-0.25, -0.2) is 0 Å². The van der Waals surface area contributed by atoms with Gasteiger partial charge >= 0.3 is 5.97 Å². The molecule has 0 spiro atoms. The molecule has 5 N–H and O–H groups in total. The van der Waals surface area contributed by atoms with Gasteiger partial charge in [0.1, 0.15) is 6.04 Å². The number of ether oxygens (including phenoxy) is 1. The van der Waals surface area contributed by atoms with E-state index in [-0.39, 0.29) is 32.0 Å². The summed E-state index contributed by atoms with van der Waals surface area (Å²) in [6, 6.07) is 2.55.